The Morgan fingerprint density at radius 3 is 2.56 bits per heavy atom. The van der Waals surface area contributed by atoms with E-state index in [-0.39, 0.29) is 0 Å². The van der Waals surface area contributed by atoms with Gasteiger partial charge in [-0.25, -0.2) is 8.51 Å². The van der Waals surface area contributed by atoms with Crippen LogP contribution in [0, 0.1) is 0 Å². The molecule has 1 aromatic rings. The lowest BCUT2D eigenvalue weighted by atomic mass is 10.1. The van der Waals surface area contributed by atoms with E-state index in [9.17, 15) is 9.32 Å². The number of hydrogen-bond donors (Lipinski definition) is 1. The smallest absolute Gasteiger partial charge is 0.127 e. The summed E-state index contributed by atoms with van der Waals surface area (Å²) in [5.41, 5.74) is -0.703. The second-order valence-electron chi connectivity index (χ2n) is 4.31. The Bertz CT molecular complexity index is 405. The third-order valence-corrected chi connectivity index (χ3v) is 4.65. The molecule has 0 saturated carbocycles. The molecular weight excluding hydrogens is 290 g/mol. The summed E-state index contributed by atoms with van der Waals surface area (Å²) in [5, 5.41) is 9.82. The van der Waals surface area contributed by atoms with Crippen molar-refractivity contribution >= 4 is 26.9 Å². The van der Waals surface area contributed by atoms with Crippen molar-refractivity contribution in [1.82, 2.24) is 4.31 Å². The Balaban J connectivity index is 2.12. The van der Waals surface area contributed by atoms with E-state index in [1.165, 1.54) is 0 Å². The van der Waals surface area contributed by atoms with Crippen molar-refractivity contribution in [1.29, 1.82) is 0 Å². The van der Waals surface area contributed by atoms with Crippen molar-refractivity contribution in [3.63, 3.8) is 0 Å². The van der Waals surface area contributed by atoms with Crippen molar-refractivity contribution in [2.24, 2.45) is 0 Å². The average molecular weight is 304 g/mol. The highest BCUT2D eigenvalue weighted by molar-refractivity contribution is 9.10. The molecule has 0 radical (unpaired) electrons. The quantitative estimate of drug-likeness (QED) is 0.907. The second kappa shape index (κ2) is 4.56. The topological polar surface area (TPSA) is 40.5 Å². The third-order valence-electron chi connectivity index (χ3n) is 2.67. The van der Waals surface area contributed by atoms with Gasteiger partial charge in [0.2, 0.25) is 0 Å². The van der Waals surface area contributed by atoms with Crippen molar-refractivity contribution in [2.75, 3.05) is 13.1 Å². The van der Waals surface area contributed by atoms with Crippen molar-refractivity contribution in [3.05, 3.63) is 28.7 Å². The van der Waals surface area contributed by atoms with Crippen LogP contribution in [-0.4, -0.2) is 32.3 Å². The first kappa shape index (κ1) is 12.2. The molecule has 0 bridgehead atoms. The molecule has 0 spiro atoms. The van der Waals surface area contributed by atoms with E-state index < -0.39 is 16.6 Å². The molecule has 2 unspecified atom stereocenters. The van der Waals surface area contributed by atoms with Crippen LogP contribution < -0.4 is 0 Å². The minimum absolute atomic E-state index is 0.468. The standard InChI is InChI=1S/C11H14BrNO2S/c1-11(14)6-7-13(8-11)16(15)10-4-2-9(12)3-5-10/h2-5,14H,6-8H2,1H3. The van der Waals surface area contributed by atoms with Crippen LogP contribution in [0.4, 0.5) is 0 Å². The van der Waals surface area contributed by atoms with Crippen LogP contribution in [-0.2, 0) is 11.0 Å². The van der Waals surface area contributed by atoms with Crippen LogP contribution in [0.5, 0.6) is 0 Å². The van der Waals surface area contributed by atoms with Crippen LogP contribution >= 0.6 is 15.9 Å². The molecule has 1 N–H and O–H groups in total. The van der Waals surface area contributed by atoms with Gasteiger partial charge in [0.1, 0.15) is 11.0 Å². The molecule has 2 rings (SSSR count). The highest BCUT2D eigenvalue weighted by Crippen LogP contribution is 2.24. The van der Waals surface area contributed by atoms with E-state index in [1.807, 2.05) is 28.6 Å². The number of rotatable bonds is 2. The van der Waals surface area contributed by atoms with Gasteiger partial charge in [-0.3, -0.25) is 0 Å². The zero-order valence-corrected chi connectivity index (χ0v) is 11.4. The molecule has 16 heavy (non-hydrogen) atoms. The van der Waals surface area contributed by atoms with Crippen molar-refractivity contribution < 1.29 is 9.32 Å². The summed E-state index contributed by atoms with van der Waals surface area (Å²) >= 11 is 3.34. The van der Waals surface area contributed by atoms with Crippen molar-refractivity contribution in [2.45, 2.75) is 23.8 Å². The Morgan fingerprint density at radius 2 is 2.06 bits per heavy atom. The van der Waals surface area contributed by atoms with Crippen LogP contribution in [0.15, 0.2) is 33.6 Å². The van der Waals surface area contributed by atoms with Gasteiger partial charge in [-0.15, -0.1) is 0 Å². The molecule has 1 aromatic carbocycles. The van der Waals surface area contributed by atoms with Crippen LogP contribution in [0.3, 0.4) is 0 Å². The molecule has 1 saturated heterocycles. The summed E-state index contributed by atoms with van der Waals surface area (Å²) in [4.78, 5) is 0.779. The Labute approximate surface area is 106 Å². The van der Waals surface area contributed by atoms with E-state index in [0.717, 1.165) is 9.37 Å². The van der Waals surface area contributed by atoms with Crippen LogP contribution in [0.2, 0.25) is 0 Å². The molecule has 2 atom stereocenters. The van der Waals surface area contributed by atoms with Gasteiger partial charge < -0.3 is 5.11 Å². The Kier molecular flexibility index (Phi) is 3.49. The molecule has 3 nitrogen and oxygen atoms in total. The average Bonchev–Trinajstić information content (AvgIpc) is 2.59. The first-order chi connectivity index (χ1) is 7.48. The third kappa shape index (κ3) is 2.71. The van der Waals surface area contributed by atoms with E-state index in [2.05, 4.69) is 15.9 Å². The highest BCUT2D eigenvalue weighted by atomic mass is 79.9. The van der Waals surface area contributed by atoms with Gasteiger partial charge in [0.05, 0.1) is 10.5 Å². The van der Waals surface area contributed by atoms with Gasteiger partial charge in [-0.05, 0) is 37.6 Å². The first-order valence-electron chi connectivity index (χ1n) is 5.13. The van der Waals surface area contributed by atoms with E-state index >= 15 is 0 Å². The maximum atomic E-state index is 12.2. The lowest BCUT2D eigenvalue weighted by molar-refractivity contribution is 0.0767. The van der Waals surface area contributed by atoms with Gasteiger partial charge in [0.15, 0.2) is 0 Å². The molecule has 1 aliphatic rings. The largest absolute Gasteiger partial charge is 0.389 e. The monoisotopic (exact) mass is 303 g/mol. The molecule has 1 fully saturated rings. The molecule has 0 aromatic heterocycles. The zero-order valence-electron chi connectivity index (χ0n) is 9.02. The summed E-state index contributed by atoms with van der Waals surface area (Å²) in [6, 6.07) is 7.43. The second-order valence-corrected chi connectivity index (χ2v) is 6.72. The number of benzene rings is 1. The number of hydrogen-bond acceptors (Lipinski definition) is 2. The van der Waals surface area contributed by atoms with Gasteiger partial charge >= 0.3 is 0 Å². The molecule has 0 amide bonds. The molecule has 1 heterocycles. The maximum absolute atomic E-state index is 12.2. The van der Waals surface area contributed by atoms with Gasteiger partial charge in [-0.2, -0.15) is 0 Å². The molecule has 1 aliphatic heterocycles. The fourth-order valence-corrected chi connectivity index (χ4v) is 3.33. The number of aliphatic hydroxyl groups is 1. The van der Waals surface area contributed by atoms with Crippen LogP contribution in [0.25, 0.3) is 0 Å². The van der Waals surface area contributed by atoms with Gasteiger partial charge in [0.25, 0.3) is 0 Å². The summed E-state index contributed by atoms with van der Waals surface area (Å²) in [6.07, 6.45) is 0.676. The number of nitrogens with zero attached hydrogens (tertiary/aromatic N) is 1. The highest BCUT2D eigenvalue weighted by Gasteiger charge is 2.34. The maximum Gasteiger partial charge on any atom is 0.127 e. The molecular formula is C11H14BrNO2S. The number of halogens is 1. The van der Waals surface area contributed by atoms with E-state index in [1.54, 1.807) is 6.92 Å². The Morgan fingerprint density at radius 1 is 1.44 bits per heavy atom. The van der Waals surface area contributed by atoms with Gasteiger partial charge in [0, 0.05) is 17.6 Å². The van der Waals surface area contributed by atoms with E-state index in [4.69, 9.17) is 0 Å². The predicted octanol–water partition coefficient (Wildman–Crippen LogP) is 1.93. The Hall–Kier alpha value is -0.230. The molecule has 0 aliphatic carbocycles. The molecule has 88 valence electrons. The normalized spacial score (nSPS) is 28.2. The van der Waals surface area contributed by atoms with Gasteiger partial charge in [-0.1, -0.05) is 15.9 Å². The fraction of sp³-hybridized carbons (Fsp3) is 0.455. The van der Waals surface area contributed by atoms with Crippen molar-refractivity contribution in [3.8, 4) is 0 Å². The molecule has 5 heteroatoms. The van der Waals surface area contributed by atoms with Crippen LogP contribution in [0.1, 0.15) is 13.3 Å². The minimum atomic E-state index is -1.16. The number of β-amino-alcohol motifs (C(OH)–C–C–N with tert-alkyl or cyclic N) is 1. The summed E-state index contributed by atoms with van der Waals surface area (Å²) < 4.78 is 14.9. The lowest BCUT2D eigenvalue weighted by Gasteiger charge is -2.17. The predicted molar refractivity (Wildman–Crippen MR) is 67.4 cm³/mol. The fourth-order valence-electron chi connectivity index (χ4n) is 1.75. The zero-order chi connectivity index (χ0) is 11.8. The lowest BCUT2D eigenvalue weighted by Crippen LogP contribution is -2.30. The SMILES string of the molecule is CC1(O)CCN(S(=O)c2ccc(Br)cc2)C1. The minimum Gasteiger partial charge on any atom is -0.389 e. The summed E-state index contributed by atoms with van der Waals surface area (Å²) in [5.74, 6) is 0. The van der Waals surface area contributed by atoms with E-state index in [0.29, 0.717) is 19.5 Å². The summed E-state index contributed by atoms with van der Waals surface area (Å²) in [6.45, 7) is 2.93. The first-order valence-corrected chi connectivity index (χ1v) is 7.03. The summed E-state index contributed by atoms with van der Waals surface area (Å²) in [7, 11) is -1.16.